The fraction of sp³-hybridized carbons (Fsp3) is 0.357. The molecular formula is C28H31N5O3S. The third kappa shape index (κ3) is 5.89. The molecule has 0 unspecified atom stereocenters. The summed E-state index contributed by atoms with van der Waals surface area (Å²) in [5.41, 5.74) is 3.82. The highest BCUT2D eigenvalue weighted by atomic mass is 32.1. The Kier molecular flexibility index (Phi) is 7.91. The molecular weight excluding hydrogens is 486 g/mol. The number of carbonyl (C=O) groups is 2. The van der Waals surface area contributed by atoms with Crippen LogP contribution in [0.25, 0.3) is 11.0 Å². The second kappa shape index (κ2) is 11.7. The van der Waals surface area contributed by atoms with Gasteiger partial charge in [-0.05, 0) is 60.9 Å². The van der Waals surface area contributed by atoms with Crippen LogP contribution in [0.1, 0.15) is 34.9 Å². The van der Waals surface area contributed by atoms with E-state index in [0.717, 1.165) is 46.5 Å². The molecule has 3 heterocycles. The van der Waals surface area contributed by atoms with Gasteiger partial charge in [-0.15, -0.1) is 16.4 Å². The molecule has 0 spiro atoms. The van der Waals surface area contributed by atoms with Crippen molar-refractivity contribution < 1.29 is 14.3 Å². The standard InChI is InChI=1S/C28H31N5O3S/c1-20-8-2-3-9-21(20)14-15-32(26(34)19-33-24-12-5-4-11-23(24)30-31-33)27(25-13-7-17-37-25)28(35)29-18-22-10-6-16-36-22/h2-5,7-9,11-13,17,22,27H,6,10,14-16,18-19H2,1H3,(H,29,35)/t22-,27-/m1/s1. The van der Waals surface area contributed by atoms with Gasteiger partial charge in [0.2, 0.25) is 11.8 Å². The summed E-state index contributed by atoms with van der Waals surface area (Å²) in [5, 5.41) is 13.4. The molecule has 9 heteroatoms. The van der Waals surface area contributed by atoms with Crippen LogP contribution >= 0.6 is 11.3 Å². The van der Waals surface area contributed by atoms with Crippen LogP contribution in [0.4, 0.5) is 0 Å². The maximum Gasteiger partial charge on any atom is 0.248 e. The van der Waals surface area contributed by atoms with E-state index >= 15 is 0 Å². The van der Waals surface area contributed by atoms with Crippen molar-refractivity contribution in [3.63, 3.8) is 0 Å². The molecule has 8 nitrogen and oxygen atoms in total. The number of nitrogens with zero attached hydrogens (tertiary/aromatic N) is 4. The highest BCUT2D eigenvalue weighted by Gasteiger charge is 2.33. The number of rotatable bonds is 10. The highest BCUT2D eigenvalue weighted by molar-refractivity contribution is 7.10. The number of para-hydroxylation sites is 1. The molecule has 5 rings (SSSR count). The molecule has 0 radical (unpaired) electrons. The number of hydrogen-bond acceptors (Lipinski definition) is 6. The summed E-state index contributed by atoms with van der Waals surface area (Å²) in [7, 11) is 0. The summed E-state index contributed by atoms with van der Waals surface area (Å²) in [4.78, 5) is 30.1. The van der Waals surface area contributed by atoms with Gasteiger partial charge >= 0.3 is 0 Å². The Morgan fingerprint density at radius 2 is 2.00 bits per heavy atom. The molecule has 1 aliphatic heterocycles. The molecule has 2 aromatic heterocycles. The van der Waals surface area contributed by atoms with E-state index in [2.05, 4.69) is 34.7 Å². The Morgan fingerprint density at radius 1 is 1.16 bits per heavy atom. The first kappa shape index (κ1) is 25.1. The zero-order chi connectivity index (χ0) is 25.6. The third-order valence-corrected chi connectivity index (χ3v) is 7.73. The minimum absolute atomic E-state index is 0.00479. The Bertz CT molecular complexity index is 1350. The number of hydrogen-bond donors (Lipinski definition) is 1. The van der Waals surface area contributed by atoms with Gasteiger partial charge in [0, 0.05) is 24.6 Å². The quantitative estimate of drug-likeness (QED) is 0.345. The van der Waals surface area contributed by atoms with Crippen LogP contribution in [0.2, 0.25) is 0 Å². The van der Waals surface area contributed by atoms with Crippen molar-refractivity contribution in [2.24, 2.45) is 0 Å². The van der Waals surface area contributed by atoms with Gasteiger partial charge in [-0.1, -0.05) is 47.7 Å². The summed E-state index contributed by atoms with van der Waals surface area (Å²) < 4.78 is 7.31. The van der Waals surface area contributed by atoms with Gasteiger partial charge in [0.1, 0.15) is 18.1 Å². The summed E-state index contributed by atoms with van der Waals surface area (Å²) in [6.45, 7) is 3.62. The van der Waals surface area contributed by atoms with Gasteiger partial charge in [-0.3, -0.25) is 9.59 Å². The van der Waals surface area contributed by atoms with E-state index in [-0.39, 0.29) is 24.5 Å². The minimum atomic E-state index is -0.743. The van der Waals surface area contributed by atoms with E-state index in [1.807, 2.05) is 53.9 Å². The number of thiophene rings is 1. The van der Waals surface area contributed by atoms with Crippen LogP contribution in [0.5, 0.6) is 0 Å². The lowest BCUT2D eigenvalue weighted by atomic mass is 10.0. The van der Waals surface area contributed by atoms with E-state index in [0.29, 0.717) is 19.5 Å². The molecule has 2 atom stereocenters. The van der Waals surface area contributed by atoms with Crippen LogP contribution in [-0.4, -0.2) is 57.5 Å². The van der Waals surface area contributed by atoms with Gasteiger partial charge < -0.3 is 15.0 Å². The van der Waals surface area contributed by atoms with Crippen LogP contribution in [-0.2, 0) is 27.3 Å². The van der Waals surface area contributed by atoms with E-state index in [1.54, 1.807) is 9.58 Å². The number of benzene rings is 2. The Morgan fingerprint density at radius 3 is 2.78 bits per heavy atom. The van der Waals surface area contributed by atoms with Crippen molar-refractivity contribution in [3.05, 3.63) is 82.0 Å². The summed E-state index contributed by atoms with van der Waals surface area (Å²) in [6, 6.07) is 18.8. The number of fused-ring (bicyclic) bond motifs is 1. The van der Waals surface area contributed by atoms with Crippen LogP contribution < -0.4 is 5.32 Å². The number of aryl methyl sites for hydroxylation is 1. The van der Waals surface area contributed by atoms with Crippen molar-refractivity contribution >= 4 is 34.2 Å². The summed E-state index contributed by atoms with van der Waals surface area (Å²) in [6.07, 6.45) is 2.59. The van der Waals surface area contributed by atoms with Crippen molar-refractivity contribution in [1.82, 2.24) is 25.2 Å². The van der Waals surface area contributed by atoms with E-state index in [1.165, 1.54) is 11.3 Å². The van der Waals surface area contributed by atoms with Gasteiger partial charge in [0.05, 0.1) is 11.6 Å². The second-order valence-electron chi connectivity index (χ2n) is 9.30. The van der Waals surface area contributed by atoms with Gasteiger partial charge in [0.25, 0.3) is 0 Å². The lowest BCUT2D eigenvalue weighted by Gasteiger charge is -2.31. The molecule has 0 aliphatic carbocycles. The summed E-state index contributed by atoms with van der Waals surface area (Å²) in [5.74, 6) is -0.380. The third-order valence-electron chi connectivity index (χ3n) is 6.81. The van der Waals surface area contributed by atoms with Crippen molar-refractivity contribution in [1.29, 1.82) is 0 Å². The Labute approximate surface area is 220 Å². The SMILES string of the molecule is Cc1ccccc1CCN(C(=O)Cn1nnc2ccccc21)[C@@H](C(=O)NC[C@H]1CCCO1)c1cccs1. The van der Waals surface area contributed by atoms with Crippen molar-refractivity contribution in [3.8, 4) is 0 Å². The van der Waals surface area contributed by atoms with Crippen molar-refractivity contribution in [2.45, 2.75) is 44.9 Å². The number of ether oxygens (including phenoxy) is 1. The van der Waals surface area contributed by atoms with E-state index in [4.69, 9.17) is 4.74 Å². The fourth-order valence-electron chi connectivity index (χ4n) is 4.77. The second-order valence-corrected chi connectivity index (χ2v) is 10.3. The molecule has 1 aliphatic rings. The van der Waals surface area contributed by atoms with Gasteiger partial charge in [-0.2, -0.15) is 0 Å². The number of carbonyl (C=O) groups excluding carboxylic acids is 2. The predicted octanol–water partition coefficient (Wildman–Crippen LogP) is 3.91. The van der Waals surface area contributed by atoms with Gasteiger partial charge in [0.15, 0.2) is 0 Å². The molecule has 1 fully saturated rings. The first-order valence-electron chi connectivity index (χ1n) is 12.6. The molecule has 192 valence electrons. The number of aromatic nitrogens is 3. The summed E-state index contributed by atoms with van der Waals surface area (Å²) >= 11 is 1.48. The number of nitrogens with one attached hydrogen (secondary N) is 1. The Balaban J connectivity index is 1.43. The van der Waals surface area contributed by atoms with Gasteiger partial charge in [-0.25, -0.2) is 4.68 Å². The van der Waals surface area contributed by atoms with Crippen LogP contribution in [0.3, 0.4) is 0 Å². The molecule has 4 aromatic rings. The lowest BCUT2D eigenvalue weighted by molar-refractivity contribution is -0.141. The lowest BCUT2D eigenvalue weighted by Crippen LogP contribution is -2.46. The van der Waals surface area contributed by atoms with E-state index < -0.39 is 6.04 Å². The zero-order valence-corrected chi connectivity index (χ0v) is 21.7. The molecule has 1 saturated heterocycles. The fourth-order valence-corrected chi connectivity index (χ4v) is 5.60. The molecule has 37 heavy (non-hydrogen) atoms. The van der Waals surface area contributed by atoms with Crippen LogP contribution in [0.15, 0.2) is 66.0 Å². The molecule has 2 aromatic carbocycles. The number of amides is 2. The monoisotopic (exact) mass is 517 g/mol. The normalized spacial score (nSPS) is 16.1. The highest BCUT2D eigenvalue weighted by Crippen LogP contribution is 2.27. The molecule has 0 saturated carbocycles. The average molecular weight is 518 g/mol. The maximum absolute atomic E-state index is 13.9. The van der Waals surface area contributed by atoms with E-state index in [9.17, 15) is 9.59 Å². The zero-order valence-electron chi connectivity index (χ0n) is 20.9. The first-order chi connectivity index (χ1) is 18.1. The minimum Gasteiger partial charge on any atom is -0.376 e. The average Bonchev–Trinajstić information content (AvgIpc) is 3.69. The largest absolute Gasteiger partial charge is 0.376 e. The first-order valence-corrected chi connectivity index (χ1v) is 13.5. The molecule has 2 amide bonds. The smallest absolute Gasteiger partial charge is 0.248 e. The molecule has 1 N–H and O–H groups in total. The van der Waals surface area contributed by atoms with Crippen LogP contribution in [0, 0.1) is 6.92 Å². The molecule has 0 bridgehead atoms. The maximum atomic E-state index is 13.9. The predicted molar refractivity (Wildman–Crippen MR) is 143 cm³/mol. The van der Waals surface area contributed by atoms with Crippen molar-refractivity contribution in [2.75, 3.05) is 19.7 Å². The topological polar surface area (TPSA) is 89.4 Å². The Hall–Kier alpha value is -3.56.